The van der Waals surface area contributed by atoms with E-state index < -0.39 is 11.1 Å². The molecule has 0 saturated carbocycles. The van der Waals surface area contributed by atoms with Crippen molar-refractivity contribution in [2.45, 2.75) is 17.4 Å². The maximum Gasteiger partial charge on any atom is 1.00 e. The fourth-order valence-electron chi connectivity index (χ4n) is 1.92. The van der Waals surface area contributed by atoms with Crippen LogP contribution in [0.1, 0.15) is 6.42 Å². The van der Waals surface area contributed by atoms with Crippen molar-refractivity contribution in [3.63, 3.8) is 0 Å². The molecule has 17 heavy (non-hydrogen) atoms. The fourth-order valence-corrected chi connectivity index (χ4v) is 2.28. The van der Waals surface area contributed by atoms with Gasteiger partial charge < -0.3 is 14.2 Å². The Morgan fingerprint density at radius 2 is 2.06 bits per heavy atom. The van der Waals surface area contributed by atoms with Crippen molar-refractivity contribution in [2.24, 2.45) is 0 Å². The molecule has 1 fully saturated rings. The molecule has 1 aliphatic rings. The SMILES string of the molecule is CO[C@H]1CCN(c2ccc(S(=O)[O-])cc2)C1.[Li+]. The number of ether oxygens (including phenoxy) is 1. The number of benzene rings is 1. The topological polar surface area (TPSA) is 52.6 Å². The summed E-state index contributed by atoms with van der Waals surface area (Å²) in [6.45, 7) is 1.83. The van der Waals surface area contributed by atoms with Gasteiger partial charge >= 0.3 is 18.9 Å². The standard InChI is InChI=1S/C11H15NO3S.Li/c1-15-10-6-7-12(8-10)9-2-4-11(5-3-9)16(13)14;/h2-5,10H,6-8H2,1H3,(H,13,14);/q;+1/p-1/t10-;/m0./s1. The van der Waals surface area contributed by atoms with E-state index in [0.717, 1.165) is 25.2 Å². The molecule has 1 unspecified atom stereocenters. The van der Waals surface area contributed by atoms with Gasteiger partial charge in [0.2, 0.25) is 0 Å². The molecule has 2 atom stereocenters. The number of anilines is 1. The second-order valence-electron chi connectivity index (χ2n) is 3.82. The van der Waals surface area contributed by atoms with Crippen molar-refractivity contribution in [3.05, 3.63) is 24.3 Å². The Hall–Kier alpha value is -0.313. The van der Waals surface area contributed by atoms with E-state index in [1.807, 2.05) is 12.1 Å². The van der Waals surface area contributed by atoms with Gasteiger partial charge in [0.05, 0.1) is 6.10 Å². The molecule has 0 spiro atoms. The van der Waals surface area contributed by atoms with E-state index in [1.54, 1.807) is 19.2 Å². The van der Waals surface area contributed by atoms with Gasteiger partial charge in [0.1, 0.15) is 0 Å². The Balaban J connectivity index is 0.00000144. The van der Waals surface area contributed by atoms with Crippen molar-refractivity contribution in [3.8, 4) is 0 Å². The van der Waals surface area contributed by atoms with Crippen LogP contribution in [0.2, 0.25) is 0 Å². The van der Waals surface area contributed by atoms with Gasteiger partial charge in [0.15, 0.2) is 0 Å². The predicted molar refractivity (Wildman–Crippen MR) is 61.3 cm³/mol. The van der Waals surface area contributed by atoms with Crippen LogP contribution in [0.4, 0.5) is 5.69 Å². The molecule has 1 aliphatic heterocycles. The second kappa shape index (κ2) is 6.57. The Kier molecular flexibility index (Phi) is 5.70. The predicted octanol–water partition coefficient (Wildman–Crippen LogP) is -1.85. The number of rotatable bonds is 3. The Morgan fingerprint density at radius 1 is 1.41 bits per heavy atom. The molecule has 4 nitrogen and oxygen atoms in total. The first-order chi connectivity index (χ1) is 7.70. The van der Waals surface area contributed by atoms with Gasteiger partial charge in [-0.2, -0.15) is 0 Å². The Morgan fingerprint density at radius 3 is 2.53 bits per heavy atom. The van der Waals surface area contributed by atoms with Crippen LogP contribution >= 0.6 is 0 Å². The monoisotopic (exact) mass is 247 g/mol. The molecule has 0 radical (unpaired) electrons. The van der Waals surface area contributed by atoms with Gasteiger partial charge in [0, 0.05) is 30.8 Å². The van der Waals surface area contributed by atoms with Crippen molar-refractivity contribution in [2.75, 3.05) is 25.1 Å². The van der Waals surface area contributed by atoms with Crippen molar-refractivity contribution >= 4 is 16.8 Å². The molecule has 1 saturated heterocycles. The minimum atomic E-state index is -2.14. The normalized spacial score (nSPS) is 21.1. The molecule has 6 heteroatoms. The van der Waals surface area contributed by atoms with Gasteiger partial charge in [-0.25, -0.2) is 0 Å². The molecule has 1 aromatic rings. The summed E-state index contributed by atoms with van der Waals surface area (Å²) in [5, 5.41) is 0. The third kappa shape index (κ3) is 3.57. The third-order valence-electron chi connectivity index (χ3n) is 2.87. The number of hydrogen-bond donors (Lipinski definition) is 0. The molecule has 0 N–H and O–H groups in total. The van der Waals surface area contributed by atoms with Crippen LogP contribution < -0.4 is 23.8 Å². The van der Waals surface area contributed by atoms with Crippen LogP contribution in [0.3, 0.4) is 0 Å². The zero-order valence-electron chi connectivity index (χ0n) is 10.1. The van der Waals surface area contributed by atoms with Crippen LogP contribution in [0, 0.1) is 0 Å². The van der Waals surface area contributed by atoms with E-state index in [-0.39, 0.29) is 25.0 Å². The maximum atomic E-state index is 10.7. The van der Waals surface area contributed by atoms with Gasteiger partial charge in [0.25, 0.3) is 0 Å². The molecule has 1 aromatic carbocycles. The molecule has 0 aliphatic carbocycles. The van der Waals surface area contributed by atoms with Crippen LogP contribution in [-0.2, 0) is 15.8 Å². The smallest absolute Gasteiger partial charge is 0.768 e. The van der Waals surface area contributed by atoms with Gasteiger partial charge in [-0.1, -0.05) is 0 Å². The first kappa shape index (κ1) is 14.7. The summed E-state index contributed by atoms with van der Waals surface area (Å²) in [5.74, 6) is 0. The zero-order chi connectivity index (χ0) is 11.5. The summed E-state index contributed by atoms with van der Waals surface area (Å²) in [4.78, 5) is 2.53. The quantitative estimate of drug-likeness (QED) is 0.465. The summed E-state index contributed by atoms with van der Waals surface area (Å²) >= 11 is -2.14. The van der Waals surface area contributed by atoms with Gasteiger partial charge in [-0.05, 0) is 41.8 Å². The fraction of sp³-hybridized carbons (Fsp3) is 0.455. The van der Waals surface area contributed by atoms with Crippen LogP contribution in [-0.4, -0.2) is 35.1 Å². The molecule has 0 aromatic heterocycles. The maximum absolute atomic E-state index is 10.7. The summed E-state index contributed by atoms with van der Waals surface area (Å²) < 4.78 is 26.7. The van der Waals surface area contributed by atoms with Crippen LogP contribution in [0.5, 0.6) is 0 Å². The number of methoxy groups -OCH3 is 1. The van der Waals surface area contributed by atoms with Crippen LogP contribution in [0.15, 0.2) is 29.2 Å². The summed E-state index contributed by atoms with van der Waals surface area (Å²) in [5.41, 5.74) is 1.05. The van der Waals surface area contributed by atoms with E-state index in [4.69, 9.17) is 4.74 Å². The molecular formula is C11H14LiNO3S. The van der Waals surface area contributed by atoms with Crippen molar-refractivity contribution in [1.29, 1.82) is 0 Å². The molecular weight excluding hydrogens is 233 g/mol. The Labute approximate surface area is 116 Å². The van der Waals surface area contributed by atoms with Gasteiger partial charge in [-0.15, -0.1) is 0 Å². The molecule has 0 bridgehead atoms. The number of hydrogen-bond acceptors (Lipinski definition) is 4. The molecule has 0 amide bonds. The average molecular weight is 247 g/mol. The first-order valence-corrected chi connectivity index (χ1v) is 6.25. The van der Waals surface area contributed by atoms with Crippen molar-refractivity contribution < 1.29 is 32.4 Å². The van der Waals surface area contributed by atoms with E-state index >= 15 is 0 Å². The molecule has 2 rings (SSSR count). The van der Waals surface area contributed by atoms with Gasteiger partial charge in [-0.3, -0.25) is 4.21 Å². The van der Waals surface area contributed by atoms with Crippen molar-refractivity contribution in [1.82, 2.24) is 0 Å². The summed E-state index contributed by atoms with van der Waals surface area (Å²) in [6.07, 6.45) is 1.31. The molecule has 88 valence electrons. The minimum absolute atomic E-state index is 0. The number of nitrogens with zero attached hydrogens (tertiary/aromatic N) is 1. The van der Waals surface area contributed by atoms with E-state index in [0.29, 0.717) is 4.90 Å². The average Bonchev–Trinajstić information content (AvgIpc) is 2.77. The summed E-state index contributed by atoms with van der Waals surface area (Å²) in [7, 11) is 1.72. The van der Waals surface area contributed by atoms with E-state index in [2.05, 4.69) is 4.90 Å². The van der Waals surface area contributed by atoms with E-state index in [1.165, 1.54) is 0 Å². The first-order valence-electron chi connectivity index (χ1n) is 5.18. The summed E-state index contributed by atoms with van der Waals surface area (Å²) in [6, 6.07) is 6.92. The largest absolute Gasteiger partial charge is 1.00 e. The Bertz CT molecular complexity index is 385. The molecule has 1 heterocycles. The zero-order valence-corrected chi connectivity index (χ0v) is 10.9. The third-order valence-corrected chi connectivity index (χ3v) is 3.53. The van der Waals surface area contributed by atoms with E-state index in [9.17, 15) is 8.76 Å². The van der Waals surface area contributed by atoms with Crippen LogP contribution in [0.25, 0.3) is 0 Å². The minimum Gasteiger partial charge on any atom is -0.768 e. The second-order valence-corrected chi connectivity index (χ2v) is 4.76.